The van der Waals surface area contributed by atoms with Crippen molar-refractivity contribution in [2.75, 3.05) is 19.7 Å². The van der Waals surface area contributed by atoms with Gasteiger partial charge in [0.25, 0.3) is 0 Å². The van der Waals surface area contributed by atoms with Crippen LogP contribution in [0.25, 0.3) is 0 Å². The van der Waals surface area contributed by atoms with Crippen LogP contribution in [0.5, 0.6) is 5.75 Å². The van der Waals surface area contributed by atoms with Gasteiger partial charge in [0, 0.05) is 17.5 Å². The highest BCUT2D eigenvalue weighted by molar-refractivity contribution is 7.10. The first-order valence-electron chi connectivity index (χ1n) is 13.3. The summed E-state index contributed by atoms with van der Waals surface area (Å²) in [6, 6.07) is 19.9. The Morgan fingerprint density at radius 3 is 2.46 bits per heavy atom. The molecule has 3 aromatic rings. The molecule has 1 aliphatic heterocycles. The molecule has 0 unspecified atom stereocenters. The Labute approximate surface area is 225 Å². The molecule has 0 fully saturated rings. The highest BCUT2D eigenvalue weighted by atomic mass is 32.1. The van der Waals surface area contributed by atoms with Gasteiger partial charge in [0.05, 0.1) is 12.5 Å². The number of ether oxygens (including phenoxy) is 1. The standard InChI is InChI=1S/C31H38N2O3S/c1-5-23(4)33(30(34)19-24-9-7-6-8-10-24)20-31(35)32-17-15-29-27(16-18-37-29)28(32)21-36-26-13-11-25(12-14-26)22(2)3/h6-14,16,18,22-23,28H,5,15,17,19-21H2,1-4H3/t23-,28-/m0/s1. The zero-order chi connectivity index (χ0) is 26.4. The monoisotopic (exact) mass is 518 g/mol. The molecule has 0 aliphatic carbocycles. The zero-order valence-corrected chi connectivity index (χ0v) is 23.2. The first kappa shape index (κ1) is 26.9. The third kappa shape index (κ3) is 6.61. The Morgan fingerprint density at radius 2 is 1.78 bits per heavy atom. The summed E-state index contributed by atoms with van der Waals surface area (Å²) < 4.78 is 6.22. The highest BCUT2D eigenvalue weighted by Crippen LogP contribution is 2.34. The lowest BCUT2D eigenvalue weighted by Gasteiger charge is -2.38. The third-order valence-electron chi connectivity index (χ3n) is 7.32. The summed E-state index contributed by atoms with van der Waals surface area (Å²) in [7, 11) is 0. The molecule has 0 N–H and O–H groups in total. The van der Waals surface area contributed by atoms with Gasteiger partial charge in [0.2, 0.25) is 11.8 Å². The van der Waals surface area contributed by atoms with Crippen LogP contribution in [0.1, 0.15) is 67.6 Å². The van der Waals surface area contributed by atoms with Crippen molar-refractivity contribution in [1.82, 2.24) is 9.80 Å². The molecule has 0 radical (unpaired) electrons. The Balaban J connectivity index is 1.49. The zero-order valence-electron chi connectivity index (χ0n) is 22.4. The summed E-state index contributed by atoms with van der Waals surface area (Å²) in [5, 5.41) is 2.10. The number of fused-ring (bicyclic) bond motifs is 1. The molecule has 6 heteroatoms. The Hall–Kier alpha value is -3.12. The molecular weight excluding hydrogens is 480 g/mol. The molecule has 2 atom stereocenters. The van der Waals surface area contributed by atoms with Crippen LogP contribution in [-0.4, -0.2) is 47.4 Å². The fourth-order valence-corrected chi connectivity index (χ4v) is 5.75. The first-order chi connectivity index (χ1) is 17.9. The van der Waals surface area contributed by atoms with Crippen LogP contribution >= 0.6 is 11.3 Å². The van der Waals surface area contributed by atoms with E-state index in [1.807, 2.05) is 54.3 Å². The molecule has 0 spiro atoms. The second-order valence-electron chi connectivity index (χ2n) is 10.1. The first-order valence-corrected chi connectivity index (χ1v) is 14.2. The number of thiophene rings is 1. The predicted octanol–water partition coefficient (Wildman–Crippen LogP) is 6.25. The van der Waals surface area contributed by atoms with Gasteiger partial charge in [-0.15, -0.1) is 11.3 Å². The topological polar surface area (TPSA) is 49.9 Å². The summed E-state index contributed by atoms with van der Waals surface area (Å²) >= 11 is 1.74. The van der Waals surface area contributed by atoms with E-state index >= 15 is 0 Å². The van der Waals surface area contributed by atoms with Crippen LogP contribution in [-0.2, 0) is 22.4 Å². The molecule has 2 amide bonds. The maximum absolute atomic E-state index is 13.7. The maximum atomic E-state index is 13.7. The average molecular weight is 519 g/mol. The van der Waals surface area contributed by atoms with Crippen molar-refractivity contribution < 1.29 is 14.3 Å². The second-order valence-corrected chi connectivity index (χ2v) is 11.1. The average Bonchev–Trinajstić information content (AvgIpc) is 3.39. The second kappa shape index (κ2) is 12.4. The van der Waals surface area contributed by atoms with Crippen molar-refractivity contribution in [3.63, 3.8) is 0 Å². The molecule has 2 heterocycles. The fourth-order valence-electron chi connectivity index (χ4n) is 4.82. The molecular formula is C31H38N2O3S. The summed E-state index contributed by atoms with van der Waals surface area (Å²) in [4.78, 5) is 32.0. The van der Waals surface area contributed by atoms with Crippen molar-refractivity contribution in [1.29, 1.82) is 0 Å². The van der Waals surface area contributed by atoms with E-state index in [0.29, 0.717) is 25.5 Å². The van der Waals surface area contributed by atoms with Crippen molar-refractivity contribution in [3.05, 3.63) is 87.6 Å². The summed E-state index contributed by atoms with van der Waals surface area (Å²) in [6.45, 7) is 9.52. The number of nitrogens with zero attached hydrogens (tertiary/aromatic N) is 2. The number of hydrogen-bond acceptors (Lipinski definition) is 4. The molecule has 2 aromatic carbocycles. The van der Waals surface area contributed by atoms with E-state index in [-0.39, 0.29) is 30.4 Å². The Bertz CT molecular complexity index is 1170. The number of rotatable bonds is 10. The minimum Gasteiger partial charge on any atom is -0.491 e. The molecule has 0 saturated carbocycles. The number of amides is 2. The van der Waals surface area contributed by atoms with Gasteiger partial charge in [0.15, 0.2) is 0 Å². The third-order valence-corrected chi connectivity index (χ3v) is 8.31. The van der Waals surface area contributed by atoms with Crippen LogP contribution in [0.3, 0.4) is 0 Å². The van der Waals surface area contributed by atoms with Gasteiger partial charge in [-0.1, -0.05) is 63.2 Å². The molecule has 4 rings (SSSR count). The Kier molecular flexibility index (Phi) is 9.04. The quantitative estimate of drug-likeness (QED) is 0.319. The summed E-state index contributed by atoms with van der Waals surface area (Å²) in [5.41, 5.74) is 3.39. The van der Waals surface area contributed by atoms with E-state index in [2.05, 4.69) is 44.4 Å². The van der Waals surface area contributed by atoms with Crippen LogP contribution in [0.2, 0.25) is 0 Å². The lowest BCUT2D eigenvalue weighted by Crippen LogP contribution is -2.50. The largest absolute Gasteiger partial charge is 0.491 e. The van der Waals surface area contributed by atoms with Crippen LogP contribution < -0.4 is 4.74 Å². The summed E-state index contributed by atoms with van der Waals surface area (Å²) in [6.07, 6.45) is 1.92. The van der Waals surface area contributed by atoms with Gasteiger partial charge in [-0.05, 0) is 66.0 Å². The minimum absolute atomic E-state index is 0.0137. The maximum Gasteiger partial charge on any atom is 0.242 e. The van der Waals surface area contributed by atoms with Crippen molar-refractivity contribution in [2.45, 2.75) is 65.0 Å². The molecule has 0 saturated heterocycles. The van der Waals surface area contributed by atoms with Crippen molar-refractivity contribution in [3.8, 4) is 5.75 Å². The van der Waals surface area contributed by atoms with Crippen LogP contribution in [0, 0.1) is 0 Å². The molecule has 37 heavy (non-hydrogen) atoms. The van der Waals surface area contributed by atoms with Gasteiger partial charge < -0.3 is 14.5 Å². The lowest BCUT2D eigenvalue weighted by atomic mass is 10.00. The number of benzene rings is 2. The number of hydrogen-bond donors (Lipinski definition) is 0. The number of carbonyl (C=O) groups is 2. The van der Waals surface area contributed by atoms with E-state index in [9.17, 15) is 9.59 Å². The molecule has 196 valence electrons. The van der Waals surface area contributed by atoms with E-state index in [4.69, 9.17) is 4.74 Å². The van der Waals surface area contributed by atoms with E-state index in [1.54, 1.807) is 16.2 Å². The molecule has 1 aromatic heterocycles. The van der Waals surface area contributed by atoms with Crippen molar-refractivity contribution >= 4 is 23.2 Å². The van der Waals surface area contributed by atoms with E-state index < -0.39 is 0 Å². The van der Waals surface area contributed by atoms with Gasteiger partial charge in [0.1, 0.15) is 18.9 Å². The van der Waals surface area contributed by atoms with E-state index in [1.165, 1.54) is 10.4 Å². The van der Waals surface area contributed by atoms with Crippen LogP contribution in [0.4, 0.5) is 0 Å². The SMILES string of the molecule is CC[C@H](C)N(CC(=O)N1CCc2sccc2[C@@H]1COc1ccc(C(C)C)cc1)C(=O)Cc1ccccc1. The predicted molar refractivity (Wildman–Crippen MR) is 150 cm³/mol. The minimum atomic E-state index is -0.171. The van der Waals surface area contributed by atoms with Gasteiger partial charge in [-0.2, -0.15) is 0 Å². The lowest BCUT2D eigenvalue weighted by molar-refractivity contribution is -0.144. The highest BCUT2D eigenvalue weighted by Gasteiger charge is 2.34. The van der Waals surface area contributed by atoms with Crippen LogP contribution in [0.15, 0.2) is 66.0 Å². The van der Waals surface area contributed by atoms with Crippen molar-refractivity contribution in [2.24, 2.45) is 0 Å². The molecule has 0 bridgehead atoms. The normalized spacial score (nSPS) is 15.8. The fraction of sp³-hybridized carbons (Fsp3) is 0.419. The van der Waals surface area contributed by atoms with Gasteiger partial charge in [-0.3, -0.25) is 9.59 Å². The van der Waals surface area contributed by atoms with Gasteiger partial charge >= 0.3 is 0 Å². The summed E-state index contributed by atoms with van der Waals surface area (Å²) in [5.74, 6) is 1.23. The number of carbonyl (C=O) groups excluding carboxylic acids is 2. The van der Waals surface area contributed by atoms with E-state index in [0.717, 1.165) is 29.7 Å². The smallest absolute Gasteiger partial charge is 0.242 e. The Morgan fingerprint density at radius 1 is 1.05 bits per heavy atom. The van der Waals surface area contributed by atoms with Gasteiger partial charge in [-0.25, -0.2) is 0 Å². The molecule has 1 aliphatic rings. The molecule has 5 nitrogen and oxygen atoms in total.